The fourth-order valence-corrected chi connectivity index (χ4v) is 3.21. The van der Waals surface area contributed by atoms with Crippen molar-refractivity contribution in [1.29, 1.82) is 0 Å². The lowest BCUT2D eigenvalue weighted by Gasteiger charge is -2.11. The van der Waals surface area contributed by atoms with Crippen molar-refractivity contribution in [2.24, 2.45) is 0 Å². The van der Waals surface area contributed by atoms with Crippen LogP contribution < -0.4 is 5.32 Å². The molecule has 0 bridgehead atoms. The molecule has 1 atom stereocenters. The van der Waals surface area contributed by atoms with E-state index in [9.17, 15) is 9.90 Å². The third kappa shape index (κ3) is 4.16. The van der Waals surface area contributed by atoms with Crippen molar-refractivity contribution in [3.63, 3.8) is 0 Å². The number of aliphatic hydroxyl groups is 1. The molecule has 1 unspecified atom stereocenters. The number of hydrogen-bond donors (Lipinski definition) is 2. The Morgan fingerprint density at radius 1 is 1.33 bits per heavy atom. The number of aliphatic hydroxyl groups excluding tert-OH is 1. The van der Waals surface area contributed by atoms with Gasteiger partial charge in [0.15, 0.2) is 0 Å². The number of rotatable bonds is 6. The van der Waals surface area contributed by atoms with Gasteiger partial charge in [0.05, 0.1) is 11.0 Å². The standard InChI is InChI=1S/C17H21NO2S/c1-3-7-14-10-16(21-12(14)2)17(20)18-11-15(19)13-8-5-4-6-9-13/h4-6,8-10,15,19H,3,7,11H2,1-2H3,(H,18,20). The quantitative estimate of drug-likeness (QED) is 0.858. The maximum absolute atomic E-state index is 12.1. The average Bonchev–Trinajstić information content (AvgIpc) is 2.87. The van der Waals surface area contributed by atoms with Gasteiger partial charge >= 0.3 is 0 Å². The van der Waals surface area contributed by atoms with Gasteiger partial charge in [-0.2, -0.15) is 0 Å². The number of benzene rings is 1. The Hall–Kier alpha value is -1.65. The molecule has 0 aliphatic carbocycles. The first kappa shape index (κ1) is 15.7. The number of amides is 1. The second kappa shape index (κ2) is 7.38. The molecule has 1 amide bonds. The second-order valence-corrected chi connectivity index (χ2v) is 6.33. The Bertz CT molecular complexity index is 592. The zero-order valence-corrected chi connectivity index (χ0v) is 13.2. The molecule has 3 nitrogen and oxygen atoms in total. The maximum Gasteiger partial charge on any atom is 0.261 e. The Morgan fingerprint density at radius 2 is 2.05 bits per heavy atom. The Morgan fingerprint density at radius 3 is 2.71 bits per heavy atom. The molecule has 112 valence electrons. The molecule has 0 fully saturated rings. The molecule has 2 aromatic rings. The van der Waals surface area contributed by atoms with Crippen molar-refractivity contribution in [2.75, 3.05) is 6.54 Å². The van der Waals surface area contributed by atoms with Crippen molar-refractivity contribution < 1.29 is 9.90 Å². The highest BCUT2D eigenvalue weighted by Crippen LogP contribution is 2.23. The maximum atomic E-state index is 12.1. The van der Waals surface area contributed by atoms with E-state index in [0.717, 1.165) is 23.3 Å². The van der Waals surface area contributed by atoms with Crippen LogP contribution in [0.25, 0.3) is 0 Å². The van der Waals surface area contributed by atoms with Crippen molar-refractivity contribution in [1.82, 2.24) is 5.32 Å². The van der Waals surface area contributed by atoms with Gasteiger partial charge in [-0.05, 0) is 30.5 Å². The molecular formula is C17H21NO2S. The van der Waals surface area contributed by atoms with E-state index in [1.807, 2.05) is 43.3 Å². The molecule has 0 radical (unpaired) electrons. The summed E-state index contributed by atoms with van der Waals surface area (Å²) in [6.07, 6.45) is 1.40. The summed E-state index contributed by atoms with van der Waals surface area (Å²) < 4.78 is 0. The fraction of sp³-hybridized carbons (Fsp3) is 0.353. The predicted molar refractivity (Wildman–Crippen MR) is 86.8 cm³/mol. The molecule has 2 rings (SSSR count). The van der Waals surface area contributed by atoms with Gasteiger partial charge < -0.3 is 10.4 Å². The van der Waals surface area contributed by atoms with Crippen LogP contribution in [0.2, 0.25) is 0 Å². The van der Waals surface area contributed by atoms with E-state index >= 15 is 0 Å². The number of carbonyl (C=O) groups is 1. The molecule has 0 spiro atoms. The molecule has 1 heterocycles. The predicted octanol–water partition coefficient (Wildman–Crippen LogP) is 3.47. The summed E-state index contributed by atoms with van der Waals surface area (Å²) in [6.45, 7) is 4.40. The number of hydrogen-bond acceptors (Lipinski definition) is 3. The van der Waals surface area contributed by atoms with Crippen LogP contribution in [0.3, 0.4) is 0 Å². The van der Waals surface area contributed by atoms with Gasteiger partial charge in [-0.25, -0.2) is 0 Å². The lowest BCUT2D eigenvalue weighted by Crippen LogP contribution is -2.27. The van der Waals surface area contributed by atoms with Gasteiger partial charge in [0.1, 0.15) is 0 Å². The Labute approximate surface area is 129 Å². The van der Waals surface area contributed by atoms with Gasteiger partial charge in [0.25, 0.3) is 5.91 Å². The molecular weight excluding hydrogens is 282 g/mol. The zero-order valence-electron chi connectivity index (χ0n) is 12.4. The molecule has 1 aromatic heterocycles. The summed E-state index contributed by atoms with van der Waals surface area (Å²) >= 11 is 1.52. The van der Waals surface area contributed by atoms with E-state index in [1.165, 1.54) is 21.8 Å². The minimum Gasteiger partial charge on any atom is -0.387 e. The van der Waals surface area contributed by atoms with E-state index in [-0.39, 0.29) is 12.5 Å². The van der Waals surface area contributed by atoms with Crippen LogP contribution in [0.4, 0.5) is 0 Å². The lowest BCUT2D eigenvalue weighted by molar-refractivity contribution is 0.0920. The number of carbonyl (C=O) groups excluding carboxylic acids is 1. The first-order valence-corrected chi connectivity index (χ1v) is 8.04. The summed E-state index contributed by atoms with van der Waals surface area (Å²) in [6, 6.07) is 11.3. The molecule has 4 heteroatoms. The first-order chi connectivity index (χ1) is 10.1. The molecule has 2 N–H and O–H groups in total. The third-order valence-electron chi connectivity index (χ3n) is 3.40. The monoisotopic (exact) mass is 303 g/mol. The SMILES string of the molecule is CCCc1cc(C(=O)NCC(O)c2ccccc2)sc1C. The van der Waals surface area contributed by atoms with Crippen molar-refractivity contribution >= 4 is 17.2 Å². The van der Waals surface area contributed by atoms with Gasteiger partial charge in [0.2, 0.25) is 0 Å². The minimum absolute atomic E-state index is 0.111. The Kier molecular flexibility index (Phi) is 5.53. The van der Waals surface area contributed by atoms with Crippen LogP contribution >= 0.6 is 11.3 Å². The molecule has 0 aliphatic heterocycles. The minimum atomic E-state index is -0.675. The number of thiophene rings is 1. The van der Waals surface area contributed by atoms with Gasteiger partial charge in [0, 0.05) is 11.4 Å². The van der Waals surface area contributed by atoms with Crippen molar-refractivity contribution in [2.45, 2.75) is 32.8 Å². The number of aryl methyl sites for hydroxylation is 2. The summed E-state index contributed by atoms with van der Waals surface area (Å²) in [5.74, 6) is -0.111. The first-order valence-electron chi connectivity index (χ1n) is 7.22. The van der Waals surface area contributed by atoms with Crippen LogP contribution in [-0.4, -0.2) is 17.6 Å². The largest absolute Gasteiger partial charge is 0.387 e. The highest BCUT2D eigenvalue weighted by atomic mass is 32.1. The van der Waals surface area contributed by atoms with E-state index in [1.54, 1.807) is 0 Å². The summed E-state index contributed by atoms with van der Waals surface area (Å²) in [5.41, 5.74) is 2.06. The highest BCUT2D eigenvalue weighted by Gasteiger charge is 2.14. The van der Waals surface area contributed by atoms with Gasteiger partial charge in [-0.15, -0.1) is 11.3 Å². The van der Waals surface area contributed by atoms with Crippen molar-refractivity contribution in [3.05, 3.63) is 57.3 Å². The number of nitrogens with one attached hydrogen (secondary N) is 1. The van der Waals surface area contributed by atoms with Crippen LogP contribution in [0.5, 0.6) is 0 Å². The molecule has 0 aliphatic rings. The van der Waals surface area contributed by atoms with E-state index < -0.39 is 6.10 Å². The van der Waals surface area contributed by atoms with Crippen LogP contribution in [-0.2, 0) is 6.42 Å². The fourth-order valence-electron chi connectivity index (χ4n) is 2.22. The summed E-state index contributed by atoms with van der Waals surface area (Å²) in [7, 11) is 0. The molecule has 0 saturated carbocycles. The molecule has 1 aromatic carbocycles. The zero-order chi connectivity index (χ0) is 15.2. The lowest BCUT2D eigenvalue weighted by atomic mass is 10.1. The van der Waals surface area contributed by atoms with Crippen LogP contribution in [0.1, 0.15) is 45.1 Å². The van der Waals surface area contributed by atoms with E-state index in [4.69, 9.17) is 0 Å². The normalized spacial score (nSPS) is 12.1. The summed E-state index contributed by atoms with van der Waals surface area (Å²) in [5, 5.41) is 12.9. The highest BCUT2D eigenvalue weighted by molar-refractivity contribution is 7.14. The summed E-state index contributed by atoms with van der Waals surface area (Å²) in [4.78, 5) is 14.1. The topological polar surface area (TPSA) is 49.3 Å². The van der Waals surface area contributed by atoms with E-state index in [2.05, 4.69) is 12.2 Å². The van der Waals surface area contributed by atoms with E-state index in [0.29, 0.717) is 0 Å². The third-order valence-corrected chi connectivity index (χ3v) is 4.50. The molecule has 0 saturated heterocycles. The molecule has 21 heavy (non-hydrogen) atoms. The second-order valence-electron chi connectivity index (χ2n) is 5.08. The van der Waals surface area contributed by atoms with Gasteiger partial charge in [-0.3, -0.25) is 4.79 Å². The Balaban J connectivity index is 1.94. The average molecular weight is 303 g/mol. The van der Waals surface area contributed by atoms with Crippen LogP contribution in [0.15, 0.2) is 36.4 Å². The van der Waals surface area contributed by atoms with Crippen molar-refractivity contribution in [3.8, 4) is 0 Å². The smallest absolute Gasteiger partial charge is 0.261 e. The van der Waals surface area contributed by atoms with Gasteiger partial charge in [-0.1, -0.05) is 43.7 Å². The van der Waals surface area contributed by atoms with Crippen LogP contribution in [0, 0.1) is 6.92 Å².